The Labute approximate surface area is 77.1 Å². The maximum Gasteiger partial charge on any atom is 0.422 e. The molecule has 0 atom stereocenters. The Balaban J connectivity index is 3.29. The predicted octanol–water partition coefficient (Wildman–Crippen LogP) is 2.30. The van der Waals surface area contributed by atoms with Gasteiger partial charge in [0, 0.05) is 6.92 Å². The highest BCUT2D eigenvalue weighted by Crippen LogP contribution is 2.30. The molecular formula is C7H5ClF3NO. The largest absolute Gasteiger partial charge is 0.618 e. The van der Waals surface area contributed by atoms with E-state index in [4.69, 9.17) is 11.6 Å². The molecule has 72 valence electrons. The molecule has 0 unspecified atom stereocenters. The quantitative estimate of drug-likeness (QED) is 0.478. The summed E-state index contributed by atoms with van der Waals surface area (Å²) in [6.07, 6.45) is -4.08. The average Bonchev–Trinajstić information content (AvgIpc) is 1.97. The van der Waals surface area contributed by atoms with Gasteiger partial charge in [0.05, 0.1) is 0 Å². The van der Waals surface area contributed by atoms with Gasteiger partial charge < -0.3 is 5.21 Å². The van der Waals surface area contributed by atoms with Crippen LogP contribution in [0.1, 0.15) is 11.3 Å². The van der Waals surface area contributed by atoms with Gasteiger partial charge >= 0.3 is 6.18 Å². The number of aromatic nitrogens is 1. The summed E-state index contributed by atoms with van der Waals surface area (Å²) in [5.41, 5.74) is -0.993. The van der Waals surface area contributed by atoms with Crippen LogP contribution in [0.2, 0.25) is 5.02 Å². The van der Waals surface area contributed by atoms with Crippen LogP contribution < -0.4 is 4.73 Å². The summed E-state index contributed by atoms with van der Waals surface area (Å²) in [4.78, 5) is 0. The molecule has 0 saturated heterocycles. The lowest BCUT2D eigenvalue weighted by Gasteiger charge is -2.08. The Bertz CT molecular complexity index is 314. The van der Waals surface area contributed by atoms with E-state index in [1.807, 2.05) is 0 Å². The van der Waals surface area contributed by atoms with E-state index in [2.05, 4.69) is 0 Å². The molecule has 0 bridgehead atoms. The molecule has 0 aromatic carbocycles. The summed E-state index contributed by atoms with van der Waals surface area (Å²) in [5, 5.41) is 10.6. The first-order valence-corrected chi connectivity index (χ1v) is 3.66. The molecule has 0 spiro atoms. The van der Waals surface area contributed by atoms with Crippen LogP contribution in [0.5, 0.6) is 0 Å². The zero-order valence-corrected chi connectivity index (χ0v) is 7.28. The van der Waals surface area contributed by atoms with Crippen molar-refractivity contribution in [2.75, 3.05) is 0 Å². The molecule has 13 heavy (non-hydrogen) atoms. The van der Waals surface area contributed by atoms with E-state index in [0.717, 1.165) is 6.07 Å². The number of nitrogens with zero attached hydrogens (tertiary/aromatic N) is 1. The summed E-state index contributed by atoms with van der Waals surface area (Å²) in [5.74, 6) is 0. The lowest BCUT2D eigenvalue weighted by molar-refractivity contribution is -0.613. The van der Waals surface area contributed by atoms with Crippen LogP contribution in [0, 0.1) is 12.1 Å². The third-order valence-electron chi connectivity index (χ3n) is 1.54. The van der Waals surface area contributed by atoms with Crippen molar-refractivity contribution < 1.29 is 17.9 Å². The zero-order valence-electron chi connectivity index (χ0n) is 6.52. The summed E-state index contributed by atoms with van der Waals surface area (Å²) in [7, 11) is 0. The number of rotatable bonds is 0. The van der Waals surface area contributed by atoms with E-state index in [9.17, 15) is 18.4 Å². The minimum atomic E-state index is -4.54. The molecule has 0 aliphatic heterocycles. The Hall–Kier alpha value is -0.970. The average molecular weight is 212 g/mol. The maximum absolute atomic E-state index is 12.1. The molecule has 0 amide bonds. The minimum absolute atomic E-state index is 0.0506. The second-order valence-electron chi connectivity index (χ2n) is 2.49. The van der Waals surface area contributed by atoms with E-state index >= 15 is 0 Å². The molecule has 6 heteroatoms. The van der Waals surface area contributed by atoms with Gasteiger partial charge in [0.25, 0.3) is 0 Å². The van der Waals surface area contributed by atoms with Crippen molar-refractivity contribution in [3.8, 4) is 0 Å². The fraction of sp³-hybridized carbons (Fsp3) is 0.286. The fourth-order valence-corrected chi connectivity index (χ4v) is 0.963. The Morgan fingerprint density at radius 1 is 1.46 bits per heavy atom. The van der Waals surface area contributed by atoms with Crippen LogP contribution in [-0.2, 0) is 6.18 Å². The number of pyridine rings is 1. The first-order valence-electron chi connectivity index (χ1n) is 3.29. The molecule has 0 radical (unpaired) electrons. The molecule has 1 heterocycles. The van der Waals surface area contributed by atoms with Crippen molar-refractivity contribution in [2.24, 2.45) is 0 Å². The maximum atomic E-state index is 12.1. The second kappa shape index (κ2) is 3.06. The molecule has 0 saturated carbocycles. The molecule has 1 rings (SSSR count). The van der Waals surface area contributed by atoms with Crippen molar-refractivity contribution in [1.82, 2.24) is 0 Å². The van der Waals surface area contributed by atoms with E-state index in [0.29, 0.717) is 6.20 Å². The van der Waals surface area contributed by atoms with Crippen LogP contribution in [0.3, 0.4) is 0 Å². The van der Waals surface area contributed by atoms with E-state index in [1.54, 1.807) is 0 Å². The van der Waals surface area contributed by atoms with E-state index < -0.39 is 11.7 Å². The van der Waals surface area contributed by atoms with Crippen molar-refractivity contribution >= 4 is 11.6 Å². The van der Waals surface area contributed by atoms with E-state index in [-0.39, 0.29) is 15.4 Å². The van der Waals surface area contributed by atoms with Gasteiger partial charge in [-0.1, -0.05) is 11.6 Å². The van der Waals surface area contributed by atoms with Gasteiger partial charge in [-0.05, 0) is 6.07 Å². The monoisotopic (exact) mass is 211 g/mol. The zero-order chi connectivity index (χ0) is 10.2. The summed E-state index contributed by atoms with van der Waals surface area (Å²) < 4.78 is 36.3. The lowest BCUT2D eigenvalue weighted by atomic mass is 10.2. The van der Waals surface area contributed by atoms with Crippen molar-refractivity contribution in [2.45, 2.75) is 13.1 Å². The van der Waals surface area contributed by atoms with Crippen molar-refractivity contribution in [3.63, 3.8) is 0 Å². The first-order chi connectivity index (χ1) is 5.82. The van der Waals surface area contributed by atoms with Gasteiger partial charge in [0.15, 0.2) is 6.20 Å². The normalized spacial score (nSPS) is 11.8. The van der Waals surface area contributed by atoms with Gasteiger partial charge in [-0.2, -0.15) is 17.9 Å². The van der Waals surface area contributed by atoms with Gasteiger partial charge in [0.1, 0.15) is 10.6 Å². The third kappa shape index (κ3) is 2.03. The molecule has 0 aliphatic carbocycles. The van der Waals surface area contributed by atoms with Gasteiger partial charge in [-0.25, -0.2) is 0 Å². The predicted molar refractivity (Wildman–Crippen MR) is 40.2 cm³/mol. The molecule has 0 aliphatic rings. The molecule has 0 N–H and O–H groups in total. The number of hydrogen-bond donors (Lipinski definition) is 0. The highest BCUT2D eigenvalue weighted by atomic mass is 35.5. The van der Waals surface area contributed by atoms with Gasteiger partial charge in [-0.3, -0.25) is 0 Å². The Kier molecular flexibility index (Phi) is 2.38. The Morgan fingerprint density at radius 3 is 2.38 bits per heavy atom. The van der Waals surface area contributed by atoms with Gasteiger partial charge in [0.2, 0.25) is 5.69 Å². The minimum Gasteiger partial charge on any atom is -0.618 e. The highest BCUT2D eigenvalue weighted by Gasteiger charge is 2.34. The molecule has 1 aromatic rings. The third-order valence-corrected chi connectivity index (χ3v) is 1.92. The number of alkyl halides is 3. The topological polar surface area (TPSA) is 26.9 Å². The highest BCUT2D eigenvalue weighted by molar-refractivity contribution is 6.31. The van der Waals surface area contributed by atoms with Crippen LogP contribution in [-0.4, -0.2) is 0 Å². The van der Waals surface area contributed by atoms with Crippen molar-refractivity contribution in [3.05, 3.63) is 33.8 Å². The molecule has 1 aromatic heterocycles. The smallest absolute Gasteiger partial charge is 0.422 e. The van der Waals surface area contributed by atoms with Crippen LogP contribution in [0.4, 0.5) is 13.2 Å². The summed E-state index contributed by atoms with van der Waals surface area (Å²) in [6.45, 7) is 1.34. The first kappa shape index (κ1) is 10.1. The number of halogens is 4. The van der Waals surface area contributed by atoms with E-state index in [1.165, 1.54) is 6.92 Å². The van der Waals surface area contributed by atoms with Crippen LogP contribution in [0.15, 0.2) is 12.3 Å². The Morgan fingerprint density at radius 2 is 2.00 bits per heavy atom. The fourth-order valence-electron chi connectivity index (χ4n) is 0.762. The lowest BCUT2D eigenvalue weighted by Crippen LogP contribution is -2.31. The van der Waals surface area contributed by atoms with Crippen molar-refractivity contribution in [1.29, 1.82) is 0 Å². The van der Waals surface area contributed by atoms with Crippen LogP contribution in [0.25, 0.3) is 0 Å². The molecule has 2 nitrogen and oxygen atoms in total. The summed E-state index contributed by atoms with van der Waals surface area (Å²) >= 11 is 5.40. The van der Waals surface area contributed by atoms with Gasteiger partial charge in [-0.15, -0.1) is 0 Å². The standard InChI is InChI=1S/C7H5ClF3NO/c1-4-6(8)2-5(3-12(4)13)7(9,10)11/h2-3H,1H3. The van der Waals surface area contributed by atoms with Crippen LogP contribution >= 0.6 is 11.6 Å². The second-order valence-corrected chi connectivity index (χ2v) is 2.89. The SMILES string of the molecule is Cc1c(Cl)cc(C(F)(F)F)c[n+]1[O-]. The molecular weight excluding hydrogens is 207 g/mol. The number of hydrogen-bond acceptors (Lipinski definition) is 1. The molecule has 0 fully saturated rings. The summed E-state index contributed by atoms with van der Waals surface area (Å²) in [6, 6.07) is 0.727.